The fourth-order valence-corrected chi connectivity index (χ4v) is 3.33. The van der Waals surface area contributed by atoms with Crippen LogP contribution in [0.15, 0.2) is 11.4 Å². The zero-order chi connectivity index (χ0) is 13.2. The van der Waals surface area contributed by atoms with Gasteiger partial charge in [-0.05, 0) is 19.3 Å². The fourth-order valence-electron chi connectivity index (χ4n) is 1.84. The molecule has 6 nitrogen and oxygen atoms in total. The van der Waals surface area contributed by atoms with E-state index in [2.05, 4.69) is 9.71 Å². The van der Waals surface area contributed by atoms with Gasteiger partial charge in [0.05, 0.1) is 6.33 Å². The van der Waals surface area contributed by atoms with Crippen molar-refractivity contribution in [2.45, 2.75) is 38.3 Å². The molecule has 1 heterocycles. The molecule has 0 saturated carbocycles. The molecule has 0 amide bonds. The molecule has 0 aliphatic heterocycles. The molecule has 3 N–H and O–H groups in total. The number of hydrogen-bond donors (Lipinski definition) is 2. The summed E-state index contributed by atoms with van der Waals surface area (Å²) in [6.45, 7) is 5.93. The highest BCUT2D eigenvalue weighted by Crippen LogP contribution is 2.16. The number of imidazole rings is 1. The highest BCUT2D eigenvalue weighted by Gasteiger charge is 2.24. The molecule has 1 atom stereocenters. The van der Waals surface area contributed by atoms with Gasteiger partial charge in [0, 0.05) is 13.1 Å². The van der Waals surface area contributed by atoms with Crippen LogP contribution in [0, 0.1) is 5.92 Å². The number of nitrogens with zero attached hydrogens (tertiary/aromatic N) is 2. The molecule has 0 saturated heterocycles. The van der Waals surface area contributed by atoms with Crippen LogP contribution in [0.4, 0.5) is 5.82 Å². The Hall–Kier alpha value is -1.08. The molecular weight excluding hydrogens is 240 g/mol. The Morgan fingerprint density at radius 1 is 1.47 bits per heavy atom. The van der Waals surface area contributed by atoms with E-state index >= 15 is 0 Å². The van der Waals surface area contributed by atoms with Crippen molar-refractivity contribution in [3.05, 3.63) is 6.33 Å². The Morgan fingerprint density at radius 3 is 2.47 bits per heavy atom. The van der Waals surface area contributed by atoms with E-state index in [0.717, 1.165) is 6.42 Å². The molecule has 7 heteroatoms. The summed E-state index contributed by atoms with van der Waals surface area (Å²) < 4.78 is 28.2. The number of hydrogen-bond acceptors (Lipinski definition) is 4. The molecule has 98 valence electrons. The van der Waals surface area contributed by atoms with E-state index in [1.807, 2.05) is 20.8 Å². The minimum Gasteiger partial charge on any atom is -0.381 e. The van der Waals surface area contributed by atoms with E-state index in [9.17, 15) is 8.42 Å². The summed E-state index contributed by atoms with van der Waals surface area (Å²) in [6, 6.07) is -0.130. The number of aromatic nitrogens is 2. The van der Waals surface area contributed by atoms with Crippen LogP contribution in [0.2, 0.25) is 0 Å². The lowest BCUT2D eigenvalue weighted by Gasteiger charge is -2.16. The highest BCUT2D eigenvalue weighted by molar-refractivity contribution is 7.89. The zero-order valence-corrected chi connectivity index (χ0v) is 11.5. The second-order valence-electron chi connectivity index (χ2n) is 4.70. The van der Waals surface area contributed by atoms with E-state index in [1.54, 1.807) is 7.05 Å². The summed E-state index contributed by atoms with van der Waals surface area (Å²) in [4.78, 5) is 3.77. The molecule has 0 aromatic carbocycles. The van der Waals surface area contributed by atoms with E-state index in [4.69, 9.17) is 5.73 Å². The Bertz CT molecular complexity index is 459. The standard InChI is InChI=1S/C10H20N4O2S/c1-7(2)5-8(3)13-17(15,16)10-9(11)12-6-14(10)4/h6-8,13H,5,11H2,1-4H3. The highest BCUT2D eigenvalue weighted by atomic mass is 32.2. The molecule has 0 radical (unpaired) electrons. The van der Waals surface area contributed by atoms with E-state index in [0.29, 0.717) is 5.92 Å². The maximum absolute atomic E-state index is 12.1. The molecule has 0 fully saturated rings. The lowest BCUT2D eigenvalue weighted by Crippen LogP contribution is -2.34. The Labute approximate surface area is 102 Å². The van der Waals surface area contributed by atoms with Crippen LogP contribution >= 0.6 is 0 Å². The summed E-state index contributed by atoms with van der Waals surface area (Å²) in [5.41, 5.74) is 5.55. The smallest absolute Gasteiger partial charge is 0.260 e. The van der Waals surface area contributed by atoms with Crippen molar-refractivity contribution in [3.63, 3.8) is 0 Å². The monoisotopic (exact) mass is 260 g/mol. The predicted molar refractivity (Wildman–Crippen MR) is 66.9 cm³/mol. The summed E-state index contributed by atoms with van der Waals surface area (Å²) in [5.74, 6) is 0.452. The average molecular weight is 260 g/mol. The number of aryl methyl sites for hydroxylation is 1. The minimum atomic E-state index is -3.60. The number of anilines is 1. The van der Waals surface area contributed by atoms with Gasteiger partial charge in [-0.2, -0.15) is 0 Å². The van der Waals surface area contributed by atoms with Crippen LogP contribution < -0.4 is 10.5 Å². The normalized spacial score (nSPS) is 14.2. The van der Waals surface area contributed by atoms with E-state index < -0.39 is 10.0 Å². The van der Waals surface area contributed by atoms with Crippen molar-refractivity contribution in [2.75, 3.05) is 5.73 Å². The third-order valence-corrected chi connectivity index (χ3v) is 4.06. The first-order valence-corrected chi connectivity index (χ1v) is 7.01. The molecule has 0 spiro atoms. The first kappa shape index (κ1) is 14.0. The van der Waals surface area contributed by atoms with Crippen molar-refractivity contribution >= 4 is 15.8 Å². The van der Waals surface area contributed by atoms with Crippen LogP contribution in [0.3, 0.4) is 0 Å². The Balaban J connectivity index is 2.90. The third-order valence-electron chi connectivity index (χ3n) is 2.35. The van der Waals surface area contributed by atoms with Crippen LogP contribution in [-0.2, 0) is 17.1 Å². The number of nitrogens with two attached hydrogens (primary N) is 1. The molecule has 0 bridgehead atoms. The van der Waals surface area contributed by atoms with Gasteiger partial charge in [0.25, 0.3) is 10.0 Å². The molecule has 1 unspecified atom stereocenters. The molecule has 0 aliphatic rings. The van der Waals surface area contributed by atoms with E-state index in [-0.39, 0.29) is 16.9 Å². The van der Waals surface area contributed by atoms with Crippen LogP contribution in [0.5, 0.6) is 0 Å². The fraction of sp³-hybridized carbons (Fsp3) is 0.700. The quantitative estimate of drug-likeness (QED) is 0.816. The number of rotatable bonds is 5. The van der Waals surface area contributed by atoms with Gasteiger partial charge in [-0.15, -0.1) is 0 Å². The summed E-state index contributed by atoms with van der Waals surface area (Å²) in [5, 5.41) is 0.0214. The van der Waals surface area contributed by atoms with Crippen molar-refractivity contribution in [1.29, 1.82) is 0 Å². The van der Waals surface area contributed by atoms with Gasteiger partial charge >= 0.3 is 0 Å². The number of nitrogens with one attached hydrogen (secondary N) is 1. The van der Waals surface area contributed by atoms with Crippen molar-refractivity contribution in [3.8, 4) is 0 Å². The third kappa shape index (κ3) is 3.44. The Morgan fingerprint density at radius 2 is 2.06 bits per heavy atom. The van der Waals surface area contributed by atoms with Crippen molar-refractivity contribution in [1.82, 2.24) is 14.3 Å². The SMILES string of the molecule is CC(C)CC(C)NS(=O)(=O)c1c(N)ncn1C. The first-order chi connectivity index (χ1) is 7.74. The summed E-state index contributed by atoms with van der Waals surface area (Å²) in [7, 11) is -2.00. The van der Waals surface area contributed by atoms with Gasteiger partial charge in [-0.1, -0.05) is 13.8 Å². The maximum Gasteiger partial charge on any atom is 0.260 e. The van der Waals surface area contributed by atoms with E-state index in [1.165, 1.54) is 10.9 Å². The topological polar surface area (TPSA) is 90.0 Å². The number of nitrogen functional groups attached to an aromatic ring is 1. The lowest BCUT2D eigenvalue weighted by atomic mass is 10.1. The van der Waals surface area contributed by atoms with Gasteiger partial charge in [-0.3, -0.25) is 0 Å². The van der Waals surface area contributed by atoms with Crippen LogP contribution in [0.1, 0.15) is 27.2 Å². The first-order valence-electron chi connectivity index (χ1n) is 5.53. The largest absolute Gasteiger partial charge is 0.381 e. The molecule has 17 heavy (non-hydrogen) atoms. The van der Waals surface area contributed by atoms with Crippen molar-refractivity contribution < 1.29 is 8.42 Å². The molecular formula is C10H20N4O2S. The lowest BCUT2D eigenvalue weighted by molar-refractivity contribution is 0.480. The van der Waals surface area contributed by atoms with Crippen LogP contribution in [0.25, 0.3) is 0 Å². The Kier molecular flexibility index (Phi) is 4.16. The van der Waals surface area contributed by atoms with Gasteiger partial charge in [0.15, 0.2) is 10.8 Å². The maximum atomic E-state index is 12.1. The number of sulfonamides is 1. The predicted octanol–water partition coefficient (Wildman–Crippen LogP) is 0.715. The minimum absolute atomic E-state index is 0.0214. The molecule has 1 aromatic heterocycles. The second kappa shape index (κ2) is 5.05. The van der Waals surface area contributed by atoms with Gasteiger partial charge in [-0.25, -0.2) is 18.1 Å². The zero-order valence-electron chi connectivity index (χ0n) is 10.6. The van der Waals surface area contributed by atoms with Gasteiger partial charge in [0.1, 0.15) is 0 Å². The van der Waals surface area contributed by atoms with Gasteiger partial charge < -0.3 is 10.3 Å². The van der Waals surface area contributed by atoms with Crippen molar-refractivity contribution in [2.24, 2.45) is 13.0 Å². The summed E-state index contributed by atoms with van der Waals surface area (Å²) >= 11 is 0. The summed E-state index contributed by atoms with van der Waals surface area (Å²) in [6.07, 6.45) is 2.16. The average Bonchev–Trinajstić information content (AvgIpc) is 2.43. The molecule has 0 aliphatic carbocycles. The molecule has 1 rings (SSSR count). The van der Waals surface area contributed by atoms with Gasteiger partial charge in [0.2, 0.25) is 0 Å². The molecule has 1 aromatic rings. The van der Waals surface area contributed by atoms with Crippen LogP contribution in [-0.4, -0.2) is 24.0 Å². The second-order valence-corrected chi connectivity index (χ2v) is 6.33.